The first-order valence-electron chi connectivity index (χ1n) is 6.50. The zero-order valence-corrected chi connectivity index (χ0v) is 11.3. The molecular weight excluding hydrogens is 254 g/mol. The largest absolute Gasteiger partial charge is 0.477 e. The maximum absolute atomic E-state index is 11.2. The normalized spacial score (nSPS) is 11.1. The monoisotopic (exact) mass is 269 g/mol. The number of carboxylic acid groups (broad SMARTS) is 1. The molecule has 20 heavy (non-hydrogen) atoms. The molecule has 3 aromatic rings. The standard InChI is InChI=1S/C15H15N3O2/c1-3-18-13(15(19)20)8-12(17-18)14-9(2)16-11-7-5-4-6-10(11)14/h4-8,16H,3H2,1-2H3,(H,19,20). The highest BCUT2D eigenvalue weighted by atomic mass is 16.4. The Morgan fingerprint density at radius 1 is 1.40 bits per heavy atom. The van der Waals surface area contributed by atoms with E-state index in [9.17, 15) is 9.90 Å². The average Bonchev–Trinajstić information content (AvgIpc) is 2.98. The van der Waals surface area contributed by atoms with Crippen LogP contribution in [0.15, 0.2) is 30.3 Å². The first-order valence-corrected chi connectivity index (χ1v) is 6.50. The van der Waals surface area contributed by atoms with Gasteiger partial charge in [-0.3, -0.25) is 4.68 Å². The van der Waals surface area contributed by atoms with Gasteiger partial charge in [0.15, 0.2) is 0 Å². The van der Waals surface area contributed by atoms with Gasteiger partial charge in [-0.25, -0.2) is 4.79 Å². The van der Waals surface area contributed by atoms with Gasteiger partial charge in [-0.05, 0) is 26.0 Å². The van der Waals surface area contributed by atoms with E-state index in [1.54, 1.807) is 6.07 Å². The molecule has 2 heterocycles. The third kappa shape index (κ3) is 1.79. The number of benzene rings is 1. The summed E-state index contributed by atoms with van der Waals surface area (Å²) in [5, 5.41) is 14.7. The van der Waals surface area contributed by atoms with E-state index in [0.717, 1.165) is 22.2 Å². The third-order valence-electron chi connectivity index (χ3n) is 3.45. The molecular formula is C15H15N3O2. The zero-order chi connectivity index (χ0) is 14.3. The Morgan fingerprint density at radius 3 is 2.80 bits per heavy atom. The van der Waals surface area contributed by atoms with E-state index in [2.05, 4.69) is 10.1 Å². The van der Waals surface area contributed by atoms with Crippen LogP contribution in [0.3, 0.4) is 0 Å². The van der Waals surface area contributed by atoms with Crippen LogP contribution in [-0.2, 0) is 6.54 Å². The van der Waals surface area contributed by atoms with Gasteiger partial charge in [0.05, 0.1) is 5.69 Å². The first-order chi connectivity index (χ1) is 9.61. The molecule has 0 amide bonds. The van der Waals surface area contributed by atoms with Crippen LogP contribution in [0.1, 0.15) is 23.1 Å². The summed E-state index contributed by atoms with van der Waals surface area (Å²) in [6.45, 7) is 4.38. The highest BCUT2D eigenvalue weighted by Gasteiger charge is 2.18. The Balaban J connectivity index is 2.26. The molecule has 102 valence electrons. The molecule has 5 heteroatoms. The lowest BCUT2D eigenvalue weighted by atomic mass is 10.1. The lowest BCUT2D eigenvalue weighted by Crippen LogP contribution is -2.08. The number of carbonyl (C=O) groups is 1. The molecule has 0 saturated heterocycles. The van der Waals surface area contributed by atoms with Gasteiger partial charge in [-0.15, -0.1) is 0 Å². The van der Waals surface area contributed by atoms with Crippen molar-refractivity contribution in [1.82, 2.24) is 14.8 Å². The van der Waals surface area contributed by atoms with Gasteiger partial charge in [0.25, 0.3) is 0 Å². The predicted molar refractivity (Wildman–Crippen MR) is 76.9 cm³/mol. The van der Waals surface area contributed by atoms with Gasteiger partial charge in [0.1, 0.15) is 5.69 Å². The summed E-state index contributed by atoms with van der Waals surface area (Å²) < 4.78 is 1.51. The molecule has 0 atom stereocenters. The summed E-state index contributed by atoms with van der Waals surface area (Å²) in [4.78, 5) is 14.5. The number of rotatable bonds is 3. The van der Waals surface area contributed by atoms with Crippen molar-refractivity contribution in [2.75, 3.05) is 0 Å². The zero-order valence-electron chi connectivity index (χ0n) is 11.3. The van der Waals surface area contributed by atoms with E-state index < -0.39 is 5.97 Å². The Morgan fingerprint density at radius 2 is 2.15 bits per heavy atom. The van der Waals surface area contributed by atoms with Crippen LogP contribution in [-0.4, -0.2) is 25.8 Å². The third-order valence-corrected chi connectivity index (χ3v) is 3.45. The fourth-order valence-corrected chi connectivity index (χ4v) is 2.56. The quantitative estimate of drug-likeness (QED) is 0.767. The van der Waals surface area contributed by atoms with Gasteiger partial charge in [0, 0.05) is 28.7 Å². The Hall–Kier alpha value is -2.56. The minimum atomic E-state index is -0.955. The summed E-state index contributed by atoms with van der Waals surface area (Å²) in [5.74, 6) is -0.955. The van der Waals surface area contributed by atoms with E-state index in [0.29, 0.717) is 12.2 Å². The SMILES string of the molecule is CCn1nc(-c2c(C)[nH]c3ccccc23)cc1C(=O)O. The summed E-state index contributed by atoms with van der Waals surface area (Å²) in [6.07, 6.45) is 0. The van der Waals surface area contributed by atoms with Crippen molar-refractivity contribution in [3.63, 3.8) is 0 Å². The van der Waals surface area contributed by atoms with Gasteiger partial charge in [-0.2, -0.15) is 5.10 Å². The molecule has 0 radical (unpaired) electrons. The number of aryl methyl sites for hydroxylation is 2. The van der Waals surface area contributed by atoms with Crippen molar-refractivity contribution in [2.45, 2.75) is 20.4 Å². The molecule has 0 fully saturated rings. The first kappa shape index (κ1) is 12.5. The molecule has 0 aliphatic carbocycles. The number of nitrogens with zero attached hydrogens (tertiary/aromatic N) is 2. The molecule has 2 N–H and O–H groups in total. The number of fused-ring (bicyclic) bond motifs is 1. The molecule has 0 unspecified atom stereocenters. The van der Waals surface area contributed by atoms with Gasteiger partial charge >= 0.3 is 5.97 Å². The maximum Gasteiger partial charge on any atom is 0.354 e. The number of carboxylic acids is 1. The molecule has 0 aliphatic heterocycles. The topological polar surface area (TPSA) is 70.9 Å². The van der Waals surface area contributed by atoms with Crippen molar-refractivity contribution < 1.29 is 9.90 Å². The Kier molecular flexibility index (Phi) is 2.82. The van der Waals surface area contributed by atoms with Crippen LogP contribution in [0.2, 0.25) is 0 Å². The summed E-state index contributed by atoms with van der Waals surface area (Å²) in [5.41, 5.74) is 3.90. The van der Waals surface area contributed by atoms with E-state index in [1.165, 1.54) is 4.68 Å². The molecule has 1 aromatic carbocycles. The summed E-state index contributed by atoms with van der Waals surface area (Å²) >= 11 is 0. The van der Waals surface area contributed by atoms with Crippen molar-refractivity contribution in [2.24, 2.45) is 0 Å². The van der Waals surface area contributed by atoms with E-state index in [1.807, 2.05) is 38.1 Å². The molecule has 0 bridgehead atoms. The van der Waals surface area contributed by atoms with Gasteiger partial charge in [-0.1, -0.05) is 18.2 Å². The van der Waals surface area contributed by atoms with Crippen LogP contribution in [0, 0.1) is 6.92 Å². The highest BCUT2D eigenvalue weighted by Crippen LogP contribution is 2.31. The fourth-order valence-electron chi connectivity index (χ4n) is 2.56. The average molecular weight is 269 g/mol. The minimum absolute atomic E-state index is 0.215. The second-order valence-electron chi connectivity index (χ2n) is 4.71. The van der Waals surface area contributed by atoms with Crippen LogP contribution in [0.5, 0.6) is 0 Å². The maximum atomic E-state index is 11.2. The number of hydrogen-bond donors (Lipinski definition) is 2. The number of aromatic carboxylic acids is 1. The smallest absolute Gasteiger partial charge is 0.354 e. The molecule has 0 spiro atoms. The van der Waals surface area contributed by atoms with Crippen molar-refractivity contribution in [1.29, 1.82) is 0 Å². The van der Waals surface area contributed by atoms with E-state index in [-0.39, 0.29) is 5.69 Å². The van der Waals surface area contributed by atoms with Crippen LogP contribution in [0.25, 0.3) is 22.2 Å². The minimum Gasteiger partial charge on any atom is -0.477 e. The molecule has 0 aliphatic rings. The van der Waals surface area contributed by atoms with Crippen molar-refractivity contribution in [3.8, 4) is 11.3 Å². The molecule has 2 aromatic heterocycles. The van der Waals surface area contributed by atoms with Crippen LogP contribution < -0.4 is 0 Å². The number of nitrogens with one attached hydrogen (secondary N) is 1. The highest BCUT2D eigenvalue weighted by molar-refractivity contribution is 5.97. The number of aromatic nitrogens is 3. The van der Waals surface area contributed by atoms with Crippen molar-refractivity contribution in [3.05, 3.63) is 41.7 Å². The lowest BCUT2D eigenvalue weighted by molar-refractivity contribution is 0.0683. The van der Waals surface area contributed by atoms with Crippen LogP contribution in [0.4, 0.5) is 0 Å². The lowest BCUT2D eigenvalue weighted by Gasteiger charge is -1.98. The number of hydrogen-bond acceptors (Lipinski definition) is 2. The second-order valence-corrected chi connectivity index (χ2v) is 4.71. The molecule has 5 nitrogen and oxygen atoms in total. The number of aromatic amines is 1. The number of H-pyrrole nitrogens is 1. The summed E-state index contributed by atoms with van der Waals surface area (Å²) in [6, 6.07) is 9.58. The number of para-hydroxylation sites is 1. The van der Waals surface area contributed by atoms with E-state index >= 15 is 0 Å². The summed E-state index contributed by atoms with van der Waals surface area (Å²) in [7, 11) is 0. The van der Waals surface area contributed by atoms with Gasteiger partial charge in [0.2, 0.25) is 0 Å². The Labute approximate surface area is 115 Å². The fraction of sp³-hybridized carbons (Fsp3) is 0.200. The van der Waals surface area contributed by atoms with Crippen molar-refractivity contribution >= 4 is 16.9 Å². The molecule has 3 rings (SSSR count). The second kappa shape index (κ2) is 4.52. The van der Waals surface area contributed by atoms with Gasteiger partial charge < -0.3 is 10.1 Å². The molecule has 0 saturated carbocycles. The Bertz CT molecular complexity index is 799. The van der Waals surface area contributed by atoms with Crippen LogP contribution >= 0.6 is 0 Å². The van der Waals surface area contributed by atoms with E-state index in [4.69, 9.17) is 0 Å². The predicted octanol–water partition coefficient (Wildman–Crippen LogP) is 3.06.